The molecule has 3 aromatic rings. The van der Waals surface area contributed by atoms with Crippen molar-refractivity contribution in [1.82, 2.24) is 0 Å². The Balaban J connectivity index is 2.43. The number of aryl methyl sites for hydroxylation is 2. The lowest BCUT2D eigenvalue weighted by Crippen LogP contribution is -1.83. The Morgan fingerprint density at radius 1 is 0.706 bits per heavy atom. The van der Waals surface area contributed by atoms with Crippen LogP contribution in [0, 0.1) is 17.4 Å². The lowest BCUT2D eigenvalue weighted by molar-refractivity contribution is 1.46. The van der Waals surface area contributed by atoms with E-state index in [0.29, 0.717) is 0 Å². The fourth-order valence-corrected chi connectivity index (χ4v) is 2.75. The van der Waals surface area contributed by atoms with Gasteiger partial charge in [-0.1, -0.05) is 29.8 Å². The molecule has 17 heavy (non-hydrogen) atoms. The van der Waals surface area contributed by atoms with Crippen molar-refractivity contribution in [2.45, 2.75) is 13.8 Å². The van der Waals surface area contributed by atoms with Crippen LogP contribution in [0.5, 0.6) is 0 Å². The first kappa shape index (κ1) is 11.0. The van der Waals surface area contributed by atoms with E-state index in [1.807, 2.05) is 0 Å². The molecule has 0 atom stereocenters. The fraction of sp³-hybridized carbons (Fsp3) is 0.125. The Labute approximate surface area is 115 Å². The van der Waals surface area contributed by atoms with Crippen molar-refractivity contribution in [3.8, 4) is 0 Å². The average Bonchev–Trinajstić information content (AvgIpc) is 2.28. The van der Waals surface area contributed by atoms with Gasteiger partial charge in [0.25, 0.3) is 0 Å². The molecule has 0 saturated heterocycles. The summed E-state index contributed by atoms with van der Waals surface area (Å²) in [5.41, 5.74) is 2.67. The lowest BCUT2D eigenvalue weighted by atomic mass is 10.0. The number of hydrogen-bond donors (Lipinski definition) is 0. The quantitative estimate of drug-likeness (QED) is 0.391. The molecule has 3 rings (SSSR count). The van der Waals surface area contributed by atoms with E-state index in [2.05, 4.69) is 78.9 Å². The maximum atomic E-state index is 2.40. The topological polar surface area (TPSA) is 0 Å². The van der Waals surface area contributed by atoms with Crippen molar-refractivity contribution in [1.29, 1.82) is 0 Å². The van der Waals surface area contributed by atoms with Crippen LogP contribution >= 0.6 is 22.6 Å². The summed E-state index contributed by atoms with van der Waals surface area (Å²) < 4.78 is 1.33. The van der Waals surface area contributed by atoms with Gasteiger partial charge in [-0.3, -0.25) is 0 Å². The molecule has 0 aliphatic heterocycles. The predicted molar refractivity (Wildman–Crippen MR) is 83.6 cm³/mol. The lowest BCUT2D eigenvalue weighted by Gasteiger charge is -2.06. The number of benzene rings is 3. The van der Waals surface area contributed by atoms with Gasteiger partial charge in [-0.25, -0.2) is 0 Å². The van der Waals surface area contributed by atoms with Crippen molar-refractivity contribution in [3.05, 3.63) is 57.2 Å². The third kappa shape index (κ3) is 1.93. The van der Waals surface area contributed by atoms with Gasteiger partial charge in [0.1, 0.15) is 0 Å². The highest BCUT2D eigenvalue weighted by molar-refractivity contribution is 14.1. The van der Waals surface area contributed by atoms with Gasteiger partial charge in [-0.2, -0.15) is 0 Å². The standard InChI is InChI=1S/C16H13I/c1-10-3-4-12-7-15-9-16(17)11(2)6-14(15)8-13(12)5-10/h3-9H,1-2H3. The highest BCUT2D eigenvalue weighted by atomic mass is 127. The fourth-order valence-electron chi connectivity index (χ4n) is 2.25. The van der Waals surface area contributed by atoms with Crippen LogP contribution in [0.15, 0.2) is 42.5 Å². The molecule has 0 nitrogen and oxygen atoms in total. The largest absolute Gasteiger partial charge is 0.0587 e. The van der Waals surface area contributed by atoms with Gasteiger partial charge in [-0.05, 0) is 81.7 Å². The third-order valence-electron chi connectivity index (χ3n) is 3.23. The first-order valence-corrected chi connectivity index (χ1v) is 6.82. The van der Waals surface area contributed by atoms with E-state index in [0.717, 1.165) is 0 Å². The minimum atomic E-state index is 1.32. The molecule has 0 unspecified atom stereocenters. The monoisotopic (exact) mass is 332 g/mol. The Morgan fingerprint density at radius 3 is 2.18 bits per heavy atom. The van der Waals surface area contributed by atoms with Crippen LogP contribution in [0.25, 0.3) is 21.5 Å². The molecular formula is C16H13I. The van der Waals surface area contributed by atoms with Gasteiger partial charge in [0.05, 0.1) is 0 Å². The van der Waals surface area contributed by atoms with Crippen LogP contribution in [0.3, 0.4) is 0 Å². The van der Waals surface area contributed by atoms with E-state index in [1.54, 1.807) is 0 Å². The Hall–Kier alpha value is -1.09. The van der Waals surface area contributed by atoms with E-state index < -0.39 is 0 Å². The highest BCUT2D eigenvalue weighted by Crippen LogP contribution is 2.26. The van der Waals surface area contributed by atoms with E-state index in [-0.39, 0.29) is 0 Å². The zero-order valence-electron chi connectivity index (χ0n) is 9.92. The van der Waals surface area contributed by atoms with Crippen LogP contribution in [0.4, 0.5) is 0 Å². The number of hydrogen-bond acceptors (Lipinski definition) is 0. The summed E-state index contributed by atoms with van der Waals surface area (Å²) in [7, 11) is 0. The first-order valence-electron chi connectivity index (χ1n) is 5.74. The molecule has 3 aromatic carbocycles. The second-order valence-electron chi connectivity index (χ2n) is 4.65. The van der Waals surface area contributed by atoms with Gasteiger partial charge in [0.2, 0.25) is 0 Å². The Kier molecular flexibility index (Phi) is 2.58. The summed E-state index contributed by atoms with van der Waals surface area (Å²) in [6.07, 6.45) is 0. The van der Waals surface area contributed by atoms with Crippen LogP contribution < -0.4 is 0 Å². The van der Waals surface area contributed by atoms with E-state index in [4.69, 9.17) is 0 Å². The second-order valence-corrected chi connectivity index (χ2v) is 5.81. The van der Waals surface area contributed by atoms with E-state index in [1.165, 1.54) is 36.2 Å². The third-order valence-corrected chi connectivity index (χ3v) is 4.39. The molecule has 0 aromatic heterocycles. The molecular weight excluding hydrogens is 319 g/mol. The van der Waals surface area contributed by atoms with Crippen molar-refractivity contribution in [2.75, 3.05) is 0 Å². The number of fused-ring (bicyclic) bond motifs is 2. The van der Waals surface area contributed by atoms with Crippen LogP contribution in [-0.4, -0.2) is 0 Å². The molecule has 0 saturated carbocycles. The van der Waals surface area contributed by atoms with Crippen molar-refractivity contribution >= 4 is 44.1 Å². The average molecular weight is 332 g/mol. The molecule has 0 fully saturated rings. The molecule has 0 amide bonds. The van der Waals surface area contributed by atoms with Crippen LogP contribution in [0.1, 0.15) is 11.1 Å². The molecule has 0 heterocycles. The second kappa shape index (κ2) is 3.98. The molecule has 0 N–H and O–H groups in total. The maximum Gasteiger partial charge on any atom is 0.0165 e. The summed E-state index contributed by atoms with van der Waals surface area (Å²) >= 11 is 2.40. The first-order chi connectivity index (χ1) is 8.13. The van der Waals surface area contributed by atoms with Gasteiger partial charge >= 0.3 is 0 Å². The Bertz CT molecular complexity index is 726. The number of halogens is 1. The summed E-state index contributed by atoms with van der Waals surface area (Å²) in [6, 6.07) is 15.8. The molecule has 84 valence electrons. The minimum absolute atomic E-state index is 1.32. The molecule has 0 spiro atoms. The summed E-state index contributed by atoms with van der Waals surface area (Å²) in [5, 5.41) is 5.32. The molecule has 0 radical (unpaired) electrons. The smallest absolute Gasteiger partial charge is 0.0165 e. The zero-order valence-corrected chi connectivity index (χ0v) is 12.1. The van der Waals surface area contributed by atoms with Gasteiger partial charge < -0.3 is 0 Å². The Morgan fingerprint density at radius 2 is 1.35 bits per heavy atom. The summed E-state index contributed by atoms with van der Waals surface area (Å²) in [4.78, 5) is 0. The van der Waals surface area contributed by atoms with Crippen molar-refractivity contribution < 1.29 is 0 Å². The maximum absolute atomic E-state index is 2.40. The predicted octanol–water partition coefficient (Wildman–Crippen LogP) is 5.21. The van der Waals surface area contributed by atoms with Gasteiger partial charge in [0, 0.05) is 3.57 Å². The molecule has 1 heteroatoms. The summed E-state index contributed by atoms with van der Waals surface area (Å²) in [6.45, 7) is 4.31. The normalized spacial score (nSPS) is 11.2. The minimum Gasteiger partial charge on any atom is -0.0587 e. The SMILES string of the molecule is Cc1ccc2cc3cc(I)c(C)cc3cc2c1. The zero-order chi connectivity index (χ0) is 12.0. The van der Waals surface area contributed by atoms with Gasteiger partial charge in [-0.15, -0.1) is 0 Å². The van der Waals surface area contributed by atoms with Crippen LogP contribution in [-0.2, 0) is 0 Å². The molecule has 0 aliphatic rings. The highest BCUT2D eigenvalue weighted by Gasteiger charge is 2.01. The van der Waals surface area contributed by atoms with Crippen LogP contribution in [0.2, 0.25) is 0 Å². The van der Waals surface area contributed by atoms with E-state index >= 15 is 0 Å². The van der Waals surface area contributed by atoms with E-state index in [9.17, 15) is 0 Å². The summed E-state index contributed by atoms with van der Waals surface area (Å²) in [5.74, 6) is 0. The van der Waals surface area contributed by atoms with Crippen molar-refractivity contribution in [2.24, 2.45) is 0 Å². The molecule has 0 bridgehead atoms. The van der Waals surface area contributed by atoms with Gasteiger partial charge in [0.15, 0.2) is 0 Å². The van der Waals surface area contributed by atoms with Crippen molar-refractivity contribution in [3.63, 3.8) is 0 Å². The number of rotatable bonds is 0. The molecule has 0 aliphatic carbocycles.